The van der Waals surface area contributed by atoms with E-state index in [1.54, 1.807) is 0 Å². The summed E-state index contributed by atoms with van der Waals surface area (Å²) in [4.78, 5) is 8.67. The summed E-state index contributed by atoms with van der Waals surface area (Å²) in [5.41, 5.74) is 0.681. The monoisotopic (exact) mass is 184 g/mol. The molecule has 0 heterocycles. The summed E-state index contributed by atoms with van der Waals surface area (Å²) >= 11 is 0. The molecule has 1 atom stereocenters. The summed E-state index contributed by atoms with van der Waals surface area (Å²) < 4.78 is 5.20. The van der Waals surface area contributed by atoms with Crippen LogP contribution >= 0.6 is 9.03 Å². The second-order valence-electron chi connectivity index (χ2n) is 3.07. The quantitative estimate of drug-likeness (QED) is 0.731. The van der Waals surface area contributed by atoms with Gasteiger partial charge in [0.25, 0.3) is 0 Å². The third-order valence-corrected chi connectivity index (χ3v) is 2.37. The van der Waals surface area contributed by atoms with Crippen molar-refractivity contribution in [3.05, 3.63) is 35.9 Å². The van der Waals surface area contributed by atoms with E-state index in [0.29, 0.717) is 0 Å². The van der Waals surface area contributed by atoms with Crippen LogP contribution in [0, 0.1) is 0 Å². The van der Waals surface area contributed by atoms with Gasteiger partial charge in [-0.1, -0.05) is 30.3 Å². The van der Waals surface area contributed by atoms with Gasteiger partial charge < -0.3 is 9.42 Å². The SMILES string of the molecule is CC(C)(OPO)c1ccccc1. The van der Waals surface area contributed by atoms with Crippen LogP contribution in [0.3, 0.4) is 0 Å². The van der Waals surface area contributed by atoms with Crippen LogP contribution in [-0.4, -0.2) is 4.89 Å². The maximum absolute atomic E-state index is 8.67. The number of hydrogen-bond acceptors (Lipinski definition) is 2. The highest BCUT2D eigenvalue weighted by Gasteiger charge is 2.20. The van der Waals surface area contributed by atoms with Gasteiger partial charge in [-0.3, -0.25) is 0 Å². The summed E-state index contributed by atoms with van der Waals surface area (Å²) in [6.07, 6.45) is 0. The molecule has 0 aromatic heterocycles. The molecule has 1 unspecified atom stereocenters. The number of rotatable bonds is 3. The smallest absolute Gasteiger partial charge is 0.153 e. The maximum atomic E-state index is 8.67. The fraction of sp³-hybridized carbons (Fsp3) is 0.333. The van der Waals surface area contributed by atoms with Crippen molar-refractivity contribution < 1.29 is 9.42 Å². The third kappa shape index (κ3) is 2.28. The standard InChI is InChI=1S/C9H13O2P/c1-9(2,11-12-10)8-6-4-3-5-7-8/h3-7,10,12H,1-2H3. The molecule has 0 radical (unpaired) electrons. The Morgan fingerprint density at radius 1 is 1.25 bits per heavy atom. The molecule has 1 N–H and O–H groups in total. The first kappa shape index (κ1) is 9.66. The summed E-state index contributed by atoms with van der Waals surface area (Å²) in [6, 6.07) is 9.85. The summed E-state index contributed by atoms with van der Waals surface area (Å²) in [6.45, 7) is 3.87. The summed E-state index contributed by atoms with van der Waals surface area (Å²) in [5.74, 6) is 0. The van der Waals surface area contributed by atoms with E-state index in [0.717, 1.165) is 5.56 Å². The molecule has 12 heavy (non-hydrogen) atoms. The minimum absolute atomic E-state index is 0.394. The van der Waals surface area contributed by atoms with Crippen LogP contribution < -0.4 is 0 Å². The van der Waals surface area contributed by atoms with Crippen LogP contribution in [-0.2, 0) is 10.1 Å². The lowest BCUT2D eigenvalue weighted by Crippen LogP contribution is -2.17. The topological polar surface area (TPSA) is 29.5 Å². The molecule has 0 aliphatic rings. The first-order valence-electron chi connectivity index (χ1n) is 3.79. The molecule has 0 spiro atoms. The average Bonchev–Trinajstić information content (AvgIpc) is 2.06. The Morgan fingerprint density at radius 3 is 2.33 bits per heavy atom. The molecule has 1 aromatic rings. The minimum Gasteiger partial charge on any atom is -0.352 e. The van der Waals surface area contributed by atoms with Gasteiger partial charge in [0.05, 0.1) is 5.60 Å². The van der Waals surface area contributed by atoms with E-state index < -0.39 is 14.6 Å². The van der Waals surface area contributed by atoms with Crippen molar-refractivity contribution in [2.45, 2.75) is 19.4 Å². The zero-order valence-corrected chi connectivity index (χ0v) is 8.24. The van der Waals surface area contributed by atoms with Crippen molar-refractivity contribution in [3.63, 3.8) is 0 Å². The first-order valence-corrected chi connectivity index (χ1v) is 4.65. The van der Waals surface area contributed by atoms with E-state index in [1.165, 1.54) is 0 Å². The van der Waals surface area contributed by atoms with Crippen molar-refractivity contribution in [2.75, 3.05) is 0 Å². The van der Waals surface area contributed by atoms with Crippen molar-refractivity contribution in [1.82, 2.24) is 0 Å². The fourth-order valence-corrected chi connectivity index (χ4v) is 1.36. The number of benzene rings is 1. The molecule has 0 saturated carbocycles. The fourth-order valence-electron chi connectivity index (χ4n) is 1.01. The Labute approximate surface area is 74.5 Å². The zero-order valence-electron chi connectivity index (χ0n) is 7.24. The molecule has 0 amide bonds. The van der Waals surface area contributed by atoms with Gasteiger partial charge in [-0.25, -0.2) is 0 Å². The molecule has 0 aliphatic heterocycles. The first-order chi connectivity index (χ1) is 5.67. The van der Waals surface area contributed by atoms with Crippen molar-refractivity contribution >= 4 is 9.03 Å². The second kappa shape index (κ2) is 3.99. The molecule has 2 nitrogen and oxygen atoms in total. The van der Waals surface area contributed by atoms with E-state index in [4.69, 9.17) is 9.42 Å². The van der Waals surface area contributed by atoms with Crippen LogP contribution in [0.25, 0.3) is 0 Å². The van der Waals surface area contributed by atoms with Crippen molar-refractivity contribution in [2.24, 2.45) is 0 Å². The van der Waals surface area contributed by atoms with E-state index in [-0.39, 0.29) is 0 Å². The normalized spacial score (nSPS) is 12.6. The molecule has 1 aromatic carbocycles. The van der Waals surface area contributed by atoms with Gasteiger partial charge in [-0.2, -0.15) is 0 Å². The molecule has 3 heteroatoms. The lowest BCUT2D eigenvalue weighted by atomic mass is 9.99. The number of hydrogen-bond donors (Lipinski definition) is 1. The predicted molar refractivity (Wildman–Crippen MR) is 51.1 cm³/mol. The average molecular weight is 184 g/mol. The molecule has 0 saturated heterocycles. The van der Waals surface area contributed by atoms with Crippen LogP contribution in [0.15, 0.2) is 30.3 Å². The van der Waals surface area contributed by atoms with Crippen LogP contribution in [0.4, 0.5) is 0 Å². The second-order valence-corrected chi connectivity index (χ2v) is 3.46. The van der Waals surface area contributed by atoms with Crippen LogP contribution in [0.2, 0.25) is 0 Å². The zero-order chi connectivity index (χ0) is 9.03. The Hall–Kier alpha value is -0.430. The molecule has 66 valence electrons. The molecule has 0 fully saturated rings. The highest BCUT2D eigenvalue weighted by molar-refractivity contribution is 7.25. The van der Waals surface area contributed by atoms with Crippen molar-refractivity contribution in [1.29, 1.82) is 0 Å². The minimum atomic E-state index is -0.465. The summed E-state index contributed by atoms with van der Waals surface area (Å²) in [5, 5.41) is 0. The maximum Gasteiger partial charge on any atom is 0.153 e. The highest BCUT2D eigenvalue weighted by atomic mass is 31.1. The van der Waals surface area contributed by atoms with Gasteiger partial charge in [-0.15, -0.1) is 0 Å². The molecule has 1 rings (SSSR count). The van der Waals surface area contributed by atoms with E-state index in [1.807, 2.05) is 44.2 Å². The molecular formula is C9H13O2P. The third-order valence-electron chi connectivity index (χ3n) is 1.77. The molecule has 0 aliphatic carbocycles. The Kier molecular flexibility index (Phi) is 3.21. The predicted octanol–water partition coefficient (Wildman–Crippen LogP) is 2.44. The van der Waals surface area contributed by atoms with Gasteiger partial charge in [0, 0.05) is 0 Å². The Bertz CT molecular complexity index is 234. The Balaban J connectivity index is 2.82. The van der Waals surface area contributed by atoms with Crippen molar-refractivity contribution in [3.8, 4) is 0 Å². The highest BCUT2D eigenvalue weighted by Crippen LogP contribution is 2.29. The van der Waals surface area contributed by atoms with Gasteiger partial charge in [0.15, 0.2) is 9.03 Å². The molecule has 0 bridgehead atoms. The Morgan fingerprint density at radius 2 is 1.83 bits per heavy atom. The summed E-state index contributed by atoms with van der Waals surface area (Å²) in [7, 11) is -0.465. The van der Waals surface area contributed by atoms with Crippen LogP contribution in [0.5, 0.6) is 0 Å². The van der Waals surface area contributed by atoms with E-state index >= 15 is 0 Å². The largest absolute Gasteiger partial charge is 0.352 e. The van der Waals surface area contributed by atoms with Gasteiger partial charge in [-0.05, 0) is 19.4 Å². The van der Waals surface area contributed by atoms with E-state index in [9.17, 15) is 0 Å². The van der Waals surface area contributed by atoms with E-state index in [2.05, 4.69) is 0 Å². The van der Waals surface area contributed by atoms with Gasteiger partial charge in [0.1, 0.15) is 0 Å². The lowest BCUT2D eigenvalue weighted by molar-refractivity contribution is 0.119. The van der Waals surface area contributed by atoms with Gasteiger partial charge >= 0.3 is 0 Å². The van der Waals surface area contributed by atoms with Gasteiger partial charge in [0.2, 0.25) is 0 Å². The molecular weight excluding hydrogens is 171 g/mol. The van der Waals surface area contributed by atoms with Crippen LogP contribution in [0.1, 0.15) is 19.4 Å². The lowest BCUT2D eigenvalue weighted by Gasteiger charge is -2.23.